The van der Waals surface area contributed by atoms with E-state index in [-0.39, 0.29) is 11.8 Å². The minimum Gasteiger partial charge on any atom is -0.497 e. The summed E-state index contributed by atoms with van der Waals surface area (Å²) in [6.45, 7) is 0.499. The summed E-state index contributed by atoms with van der Waals surface area (Å²) in [5, 5.41) is 10.2. The van der Waals surface area contributed by atoms with E-state index in [9.17, 15) is 0 Å². The lowest BCUT2D eigenvalue weighted by atomic mass is 10.3. The number of benzene rings is 1. The van der Waals surface area contributed by atoms with Crippen molar-refractivity contribution < 1.29 is 9.84 Å². The number of hydrogen-bond acceptors (Lipinski definition) is 9. The molecule has 0 aliphatic rings. The van der Waals surface area contributed by atoms with Crippen molar-refractivity contribution in [3.05, 3.63) is 36.2 Å². The molecule has 0 spiro atoms. The van der Waals surface area contributed by atoms with Gasteiger partial charge >= 0.3 is 0 Å². The monoisotopic (exact) mass is 329 g/mol. The van der Waals surface area contributed by atoms with E-state index in [0.29, 0.717) is 17.7 Å². The molecule has 1 aromatic carbocycles. The van der Waals surface area contributed by atoms with Gasteiger partial charge < -0.3 is 26.6 Å². The van der Waals surface area contributed by atoms with Crippen LogP contribution in [-0.4, -0.2) is 39.3 Å². The number of nitrogens with zero attached hydrogens (tertiary/aromatic N) is 4. The molecule has 0 bridgehead atoms. The van der Waals surface area contributed by atoms with Crippen molar-refractivity contribution in [2.45, 2.75) is 6.54 Å². The van der Waals surface area contributed by atoms with E-state index in [1.807, 2.05) is 24.3 Å². The Morgan fingerprint density at radius 3 is 2.46 bits per heavy atom. The van der Waals surface area contributed by atoms with Crippen LogP contribution < -0.4 is 21.5 Å². The van der Waals surface area contributed by atoms with E-state index >= 15 is 0 Å². The Kier molecular flexibility index (Phi) is 5.63. The minimum absolute atomic E-state index is 0.0865. The summed E-state index contributed by atoms with van der Waals surface area (Å²) in [6.07, 6.45) is 1.63. The second-order valence-electron chi connectivity index (χ2n) is 4.58. The number of methoxy groups -OCH3 is 1. The summed E-state index contributed by atoms with van der Waals surface area (Å²) in [4.78, 5) is 16.5. The van der Waals surface area contributed by atoms with E-state index in [1.165, 1.54) is 0 Å². The molecule has 0 unspecified atom stereocenters. The van der Waals surface area contributed by atoms with Crippen LogP contribution >= 0.6 is 0 Å². The third-order valence-corrected chi connectivity index (χ3v) is 3.06. The first kappa shape index (κ1) is 17.2. The van der Waals surface area contributed by atoms with Crippen LogP contribution in [0.1, 0.15) is 5.69 Å². The zero-order chi connectivity index (χ0) is 17.5. The third kappa shape index (κ3) is 3.96. The second kappa shape index (κ2) is 7.88. The van der Waals surface area contributed by atoms with Crippen molar-refractivity contribution in [3.63, 3.8) is 0 Å². The smallest absolute Gasteiger partial charge is 0.224 e. The maximum absolute atomic E-state index is 7.00. The van der Waals surface area contributed by atoms with E-state index in [2.05, 4.69) is 25.3 Å². The van der Waals surface area contributed by atoms with Gasteiger partial charge in [-0.15, -0.1) is 0 Å². The van der Waals surface area contributed by atoms with Crippen LogP contribution in [0.2, 0.25) is 0 Å². The molecule has 24 heavy (non-hydrogen) atoms. The maximum atomic E-state index is 7.00. The average molecular weight is 329 g/mol. The van der Waals surface area contributed by atoms with Crippen LogP contribution in [0.4, 0.5) is 17.5 Å². The molecule has 0 atom stereocenters. The highest BCUT2D eigenvalue weighted by Gasteiger charge is 2.07. The molecule has 0 saturated carbocycles. The van der Waals surface area contributed by atoms with Crippen LogP contribution in [0.3, 0.4) is 0 Å². The van der Waals surface area contributed by atoms with Crippen LogP contribution in [0.25, 0.3) is 11.2 Å². The van der Waals surface area contributed by atoms with E-state index in [0.717, 1.165) is 24.2 Å². The molecule has 126 valence electrons. The normalized spacial score (nSPS) is 9.96. The van der Waals surface area contributed by atoms with Gasteiger partial charge in [-0.3, -0.25) is 0 Å². The van der Waals surface area contributed by atoms with Gasteiger partial charge in [0.1, 0.15) is 5.75 Å². The molecule has 0 aliphatic carbocycles. The largest absolute Gasteiger partial charge is 0.497 e. The molecule has 2 heterocycles. The molecule has 0 aliphatic heterocycles. The van der Waals surface area contributed by atoms with E-state index in [1.54, 1.807) is 13.3 Å². The number of hydrogen-bond donors (Lipinski definition) is 4. The molecule has 0 fully saturated rings. The summed E-state index contributed by atoms with van der Waals surface area (Å²) in [5.41, 5.74) is 13.8. The lowest BCUT2D eigenvalue weighted by Crippen LogP contribution is -2.06. The summed E-state index contributed by atoms with van der Waals surface area (Å²) in [7, 11) is 2.63. The van der Waals surface area contributed by atoms with Crippen molar-refractivity contribution in [2.24, 2.45) is 0 Å². The zero-order valence-electron chi connectivity index (χ0n) is 13.4. The van der Waals surface area contributed by atoms with Crippen LogP contribution in [0.15, 0.2) is 30.5 Å². The SMILES string of the molecule is CO.COc1ccc(NCc2cnc3nc(N)nc(N)c3n2)cc1. The van der Waals surface area contributed by atoms with Crippen molar-refractivity contribution in [1.82, 2.24) is 19.9 Å². The molecule has 0 amide bonds. The quantitative estimate of drug-likeness (QED) is 0.546. The number of nitrogens with one attached hydrogen (secondary N) is 1. The fourth-order valence-electron chi connectivity index (χ4n) is 1.97. The summed E-state index contributed by atoms with van der Waals surface area (Å²) >= 11 is 0. The predicted molar refractivity (Wildman–Crippen MR) is 92.4 cm³/mol. The molecule has 2 aromatic heterocycles. The highest BCUT2D eigenvalue weighted by atomic mass is 16.5. The summed E-state index contributed by atoms with van der Waals surface area (Å²) in [6, 6.07) is 7.60. The first-order valence-corrected chi connectivity index (χ1v) is 7.03. The van der Waals surface area contributed by atoms with Crippen molar-refractivity contribution in [2.75, 3.05) is 31.0 Å². The molecule has 3 aromatic rings. The Bertz CT molecular complexity index is 809. The fourth-order valence-corrected chi connectivity index (χ4v) is 1.97. The first-order chi connectivity index (χ1) is 11.7. The molecule has 0 saturated heterocycles. The summed E-state index contributed by atoms with van der Waals surface area (Å²) in [5.74, 6) is 1.11. The van der Waals surface area contributed by atoms with Gasteiger partial charge in [0.2, 0.25) is 5.95 Å². The highest BCUT2D eigenvalue weighted by molar-refractivity contribution is 5.81. The maximum Gasteiger partial charge on any atom is 0.224 e. The third-order valence-electron chi connectivity index (χ3n) is 3.06. The predicted octanol–water partition coefficient (Wildman–Crippen LogP) is 0.813. The van der Waals surface area contributed by atoms with Gasteiger partial charge in [-0.05, 0) is 24.3 Å². The number of aliphatic hydroxyl groups is 1. The molecular formula is C15H19N7O2. The van der Waals surface area contributed by atoms with Gasteiger partial charge in [0.15, 0.2) is 17.0 Å². The van der Waals surface area contributed by atoms with E-state index in [4.69, 9.17) is 21.3 Å². The lowest BCUT2D eigenvalue weighted by Gasteiger charge is -2.08. The van der Waals surface area contributed by atoms with Crippen molar-refractivity contribution in [1.29, 1.82) is 0 Å². The van der Waals surface area contributed by atoms with Gasteiger partial charge in [-0.1, -0.05) is 0 Å². The van der Waals surface area contributed by atoms with Crippen LogP contribution in [0.5, 0.6) is 5.75 Å². The topological polar surface area (TPSA) is 145 Å². The van der Waals surface area contributed by atoms with E-state index < -0.39 is 0 Å². The van der Waals surface area contributed by atoms with Crippen LogP contribution in [0, 0.1) is 0 Å². The highest BCUT2D eigenvalue weighted by Crippen LogP contribution is 2.17. The number of anilines is 3. The molecule has 6 N–H and O–H groups in total. The Balaban J connectivity index is 0.00000100. The number of aliphatic hydroxyl groups excluding tert-OH is 1. The fraction of sp³-hybridized carbons (Fsp3) is 0.200. The molecule has 9 nitrogen and oxygen atoms in total. The first-order valence-electron chi connectivity index (χ1n) is 7.03. The molecular weight excluding hydrogens is 310 g/mol. The summed E-state index contributed by atoms with van der Waals surface area (Å²) < 4.78 is 5.11. The van der Waals surface area contributed by atoms with Gasteiger partial charge in [0, 0.05) is 12.8 Å². The molecule has 9 heteroatoms. The van der Waals surface area contributed by atoms with Crippen molar-refractivity contribution in [3.8, 4) is 5.75 Å². The Morgan fingerprint density at radius 1 is 1.08 bits per heavy atom. The number of rotatable bonds is 4. The Labute approximate surface area is 138 Å². The van der Waals surface area contributed by atoms with Crippen LogP contribution in [-0.2, 0) is 6.54 Å². The van der Waals surface area contributed by atoms with Gasteiger partial charge in [0.05, 0.1) is 25.5 Å². The average Bonchev–Trinajstić information content (AvgIpc) is 2.62. The standard InChI is InChI=1S/C14H15N7O.CH4O/c1-22-10-4-2-8(3-5-10)17-6-9-7-18-13-11(19-9)12(15)20-14(16)21-13;1-2/h2-5,7,17H,6H2,1H3,(H4,15,16,18,20,21);2H,1H3. The lowest BCUT2D eigenvalue weighted by molar-refractivity contribution is 0.399. The second-order valence-corrected chi connectivity index (χ2v) is 4.58. The number of aromatic nitrogens is 4. The minimum atomic E-state index is 0.0865. The Morgan fingerprint density at radius 2 is 1.79 bits per heavy atom. The van der Waals surface area contributed by atoms with Gasteiger partial charge in [0.25, 0.3) is 0 Å². The number of fused-ring (bicyclic) bond motifs is 1. The van der Waals surface area contributed by atoms with Gasteiger partial charge in [-0.2, -0.15) is 9.97 Å². The van der Waals surface area contributed by atoms with Gasteiger partial charge in [-0.25, -0.2) is 9.97 Å². The zero-order valence-corrected chi connectivity index (χ0v) is 13.4. The van der Waals surface area contributed by atoms with Crippen molar-refractivity contribution >= 4 is 28.6 Å². The number of nitrogen functional groups attached to an aromatic ring is 2. The number of ether oxygens (including phenoxy) is 1. The molecule has 0 radical (unpaired) electrons. The number of nitrogens with two attached hydrogens (primary N) is 2. The molecule has 3 rings (SSSR count). The Hall–Kier alpha value is -3.20.